The summed E-state index contributed by atoms with van der Waals surface area (Å²) in [5, 5.41) is 0. The molecule has 1 N–H and O–H groups in total. The van der Waals surface area contributed by atoms with E-state index in [-0.39, 0.29) is 0 Å². The monoisotopic (exact) mass is 532 g/mol. The maximum atomic E-state index is 9.75. The van der Waals surface area contributed by atoms with Gasteiger partial charge >= 0.3 is 14.5 Å². The van der Waals surface area contributed by atoms with Crippen LogP contribution in [-0.2, 0) is 14.2 Å². The lowest BCUT2D eigenvalue weighted by molar-refractivity contribution is -0.933. The largest absolute Gasteiger partial charge is 0.673 e. The molecular weight excluding hydrogens is 490 g/mol. The highest BCUT2D eigenvalue weighted by atomic mass is 19.5. The van der Waals surface area contributed by atoms with Crippen LogP contribution >= 0.6 is 0 Å². The molecule has 2 atom stereocenters. The smallest absolute Gasteiger partial charge is 0.418 e. The molecule has 0 bridgehead atoms. The minimum atomic E-state index is -6.00. The van der Waals surface area contributed by atoms with E-state index >= 15 is 0 Å². The average Bonchev–Trinajstić information content (AvgIpc) is 2.76. The fourth-order valence-corrected chi connectivity index (χ4v) is 4.12. The number of quaternary nitrogens is 2. The minimum absolute atomic E-state index is 0.478. The summed E-state index contributed by atoms with van der Waals surface area (Å²) in [6.07, 6.45) is 6.56. The van der Waals surface area contributed by atoms with Gasteiger partial charge in [0.25, 0.3) is 0 Å². The van der Waals surface area contributed by atoms with Crippen LogP contribution in [0.5, 0.6) is 0 Å². The number of likely N-dealkylation sites (N-methyl/N-ethyl adjacent to an activating group) is 2. The summed E-state index contributed by atoms with van der Waals surface area (Å²) in [6.45, 7) is 17.8. The van der Waals surface area contributed by atoms with Gasteiger partial charge in [-0.15, -0.1) is 0 Å². The van der Waals surface area contributed by atoms with Crippen molar-refractivity contribution < 1.29 is 58.1 Å². The Morgan fingerprint density at radius 1 is 0.829 bits per heavy atom. The summed E-state index contributed by atoms with van der Waals surface area (Å²) >= 11 is 0. The zero-order chi connectivity index (χ0) is 26.8. The normalized spacial score (nSPS) is 22.5. The SMILES string of the molecule is CC[NH+]1CCOC(CCCCOCCCC[N+]2(CC)CCOCC2)C1.F[B-](F)(F)F.F[B-](F)(F)F. The molecule has 2 unspecified atom stereocenters. The van der Waals surface area contributed by atoms with Gasteiger partial charge in [0.05, 0.1) is 39.5 Å². The second-order valence-corrected chi connectivity index (χ2v) is 8.80. The molecule has 0 radical (unpaired) electrons. The fraction of sp³-hybridized carbons (Fsp3) is 1.00. The Balaban J connectivity index is 0.000000975. The Hall–Kier alpha value is -0.630. The van der Waals surface area contributed by atoms with E-state index in [0.717, 1.165) is 33.0 Å². The number of hydrogen-bond acceptors (Lipinski definition) is 3. The Morgan fingerprint density at radius 3 is 1.89 bits per heavy atom. The molecule has 5 nitrogen and oxygen atoms in total. The van der Waals surface area contributed by atoms with Gasteiger partial charge in [-0.05, 0) is 46.0 Å². The minimum Gasteiger partial charge on any atom is -0.418 e. The molecule has 2 heterocycles. The van der Waals surface area contributed by atoms with Crippen LogP contribution in [-0.4, -0.2) is 104 Å². The average molecular weight is 532 g/mol. The molecule has 2 fully saturated rings. The van der Waals surface area contributed by atoms with Crippen LogP contribution in [0.2, 0.25) is 0 Å². The van der Waals surface area contributed by atoms with Crippen LogP contribution in [0.15, 0.2) is 0 Å². The maximum absolute atomic E-state index is 9.75. The van der Waals surface area contributed by atoms with E-state index in [4.69, 9.17) is 14.2 Å². The Kier molecular flexibility index (Phi) is 18.3. The van der Waals surface area contributed by atoms with Crippen molar-refractivity contribution in [2.75, 3.05) is 78.8 Å². The first-order chi connectivity index (χ1) is 16.3. The highest BCUT2D eigenvalue weighted by Crippen LogP contribution is 2.13. The van der Waals surface area contributed by atoms with E-state index in [0.29, 0.717) is 6.10 Å². The van der Waals surface area contributed by atoms with Crippen molar-refractivity contribution in [1.29, 1.82) is 0 Å². The molecule has 0 amide bonds. The van der Waals surface area contributed by atoms with Crippen molar-refractivity contribution >= 4 is 14.5 Å². The summed E-state index contributed by atoms with van der Waals surface area (Å²) in [4.78, 5) is 1.69. The van der Waals surface area contributed by atoms with Gasteiger partial charge < -0.3 is 58.1 Å². The number of nitrogens with zero attached hydrogens (tertiary/aromatic N) is 1. The first kappa shape index (κ1) is 34.4. The number of hydrogen-bond donors (Lipinski definition) is 1. The fourth-order valence-electron chi connectivity index (χ4n) is 4.12. The van der Waals surface area contributed by atoms with Gasteiger partial charge in [-0.1, -0.05) is 0 Å². The second kappa shape index (κ2) is 18.6. The first-order valence-electron chi connectivity index (χ1n) is 12.5. The molecular formula is C20H42B2F8N2O3. The molecule has 0 aromatic rings. The van der Waals surface area contributed by atoms with Crippen LogP contribution < -0.4 is 4.90 Å². The van der Waals surface area contributed by atoms with Gasteiger partial charge in [0.1, 0.15) is 32.3 Å². The molecule has 2 aliphatic heterocycles. The van der Waals surface area contributed by atoms with Gasteiger partial charge in [-0.3, -0.25) is 0 Å². The van der Waals surface area contributed by atoms with Crippen molar-refractivity contribution in [1.82, 2.24) is 0 Å². The van der Waals surface area contributed by atoms with Gasteiger partial charge in [0.15, 0.2) is 0 Å². The number of nitrogens with one attached hydrogen (secondary N) is 1. The van der Waals surface area contributed by atoms with Crippen LogP contribution in [0.4, 0.5) is 34.5 Å². The summed E-state index contributed by atoms with van der Waals surface area (Å²) < 4.78 is 96.5. The summed E-state index contributed by atoms with van der Waals surface area (Å²) in [5.41, 5.74) is 0. The van der Waals surface area contributed by atoms with Gasteiger partial charge in [-0.25, -0.2) is 0 Å². The molecule has 2 rings (SSSR count). The van der Waals surface area contributed by atoms with Crippen molar-refractivity contribution in [2.45, 2.75) is 52.1 Å². The molecule has 0 saturated carbocycles. The van der Waals surface area contributed by atoms with Crippen molar-refractivity contribution in [3.8, 4) is 0 Å². The summed E-state index contributed by atoms with van der Waals surface area (Å²) in [7, 11) is -12.0. The molecule has 212 valence electrons. The van der Waals surface area contributed by atoms with Gasteiger partial charge in [-0.2, -0.15) is 0 Å². The maximum Gasteiger partial charge on any atom is 0.673 e. The summed E-state index contributed by atoms with van der Waals surface area (Å²) in [5.74, 6) is 0. The molecule has 15 heteroatoms. The van der Waals surface area contributed by atoms with E-state index in [9.17, 15) is 34.5 Å². The quantitative estimate of drug-likeness (QED) is 0.180. The number of ether oxygens (including phenoxy) is 3. The summed E-state index contributed by atoms with van der Waals surface area (Å²) in [6, 6.07) is 0. The highest BCUT2D eigenvalue weighted by molar-refractivity contribution is 6.50. The van der Waals surface area contributed by atoms with E-state index < -0.39 is 14.5 Å². The standard InChI is InChI=1S/C20H41N2O3.2BF4/c1-3-21-10-16-25-20(19-21)9-5-7-14-23-15-8-6-11-22(4-2)12-17-24-18-13-22;2*2-1(3,4)5/h20H,3-19H2,1-2H3;;/q+1;2*-1/p+1. The molecule has 0 aromatic heterocycles. The third-order valence-electron chi connectivity index (χ3n) is 6.15. The molecule has 2 saturated heterocycles. The lowest BCUT2D eigenvalue weighted by Crippen LogP contribution is -3.14. The van der Waals surface area contributed by atoms with E-state index in [1.54, 1.807) is 4.90 Å². The lowest BCUT2D eigenvalue weighted by Gasteiger charge is -2.40. The van der Waals surface area contributed by atoms with Crippen molar-refractivity contribution in [2.24, 2.45) is 0 Å². The first-order valence-corrected chi connectivity index (χ1v) is 12.5. The molecule has 2 aliphatic rings. The lowest BCUT2D eigenvalue weighted by atomic mass is 10.1. The van der Waals surface area contributed by atoms with E-state index in [1.165, 1.54) is 82.4 Å². The predicted molar refractivity (Wildman–Crippen MR) is 121 cm³/mol. The van der Waals surface area contributed by atoms with E-state index in [2.05, 4.69) is 13.8 Å². The number of rotatable bonds is 12. The number of halogens is 8. The van der Waals surface area contributed by atoms with Crippen LogP contribution in [0.25, 0.3) is 0 Å². The third kappa shape index (κ3) is 23.5. The van der Waals surface area contributed by atoms with Crippen molar-refractivity contribution in [3.05, 3.63) is 0 Å². The Labute approximate surface area is 204 Å². The predicted octanol–water partition coefficient (Wildman–Crippen LogP) is 3.72. The highest BCUT2D eigenvalue weighted by Gasteiger charge is 2.27. The van der Waals surface area contributed by atoms with Crippen LogP contribution in [0.3, 0.4) is 0 Å². The Bertz CT molecular complexity index is 490. The molecule has 0 aromatic carbocycles. The van der Waals surface area contributed by atoms with Gasteiger partial charge in [0.2, 0.25) is 0 Å². The molecule has 0 aliphatic carbocycles. The Morgan fingerprint density at radius 2 is 1.37 bits per heavy atom. The van der Waals surface area contributed by atoms with Crippen molar-refractivity contribution in [3.63, 3.8) is 0 Å². The second-order valence-electron chi connectivity index (χ2n) is 8.80. The third-order valence-corrected chi connectivity index (χ3v) is 6.15. The number of morpholine rings is 2. The molecule has 35 heavy (non-hydrogen) atoms. The van der Waals surface area contributed by atoms with E-state index in [1.807, 2.05) is 0 Å². The number of unbranched alkanes of at least 4 members (excludes halogenated alkanes) is 2. The zero-order valence-electron chi connectivity index (χ0n) is 20.9. The van der Waals surface area contributed by atoms with Gasteiger partial charge in [0, 0.05) is 13.2 Å². The zero-order valence-corrected chi connectivity index (χ0v) is 20.9. The molecule has 0 spiro atoms. The van der Waals surface area contributed by atoms with Crippen LogP contribution in [0.1, 0.15) is 46.0 Å². The van der Waals surface area contributed by atoms with Crippen LogP contribution in [0, 0.1) is 0 Å². The topological polar surface area (TPSA) is 32.1 Å².